The summed E-state index contributed by atoms with van der Waals surface area (Å²) in [5.74, 6) is 2.59. The molecule has 1 heterocycles. The maximum Gasteiger partial charge on any atom is 0.347 e. The molecule has 1 aliphatic carbocycles. The molecule has 0 bridgehead atoms. The largest absolute Gasteiger partial charge is 0.492 e. The molecule has 42 heavy (non-hydrogen) atoms. The summed E-state index contributed by atoms with van der Waals surface area (Å²) >= 11 is 6.01. The van der Waals surface area contributed by atoms with E-state index in [2.05, 4.69) is 43.1 Å². The number of likely N-dealkylation sites (tertiary alicyclic amines) is 1. The summed E-state index contributed by atoms with van der Waals surface area (Å²) in [5.41, 5.74) is 3.57. The maximum atomic E-state index is 12.7. The Morgan fingerprint density at radius 3 is 2.17 bits per heavy atom. The minimum absolute atomic E-state index is 0.0523. The van der Waals surface area contributed by atoms with Crippen molar-refractivity contribution >= 4 is 17.6 Å². The van der Waals surface area contributed by atoms with E-state index in [9.17, 15) is 4.79 Å². The fourth-order valence-corrected chi connectivity index (χ4v) is 5.96. The number of benzene rings is 3. The molecule has 7 heteroatoms. The topological polar surface area (TPSA) is 60.0 Å². The number of halogens is 1. The summed E-state index contributed by atoms with van der Waals surface area (Å²) in [7, 11) is 0. The van der Waals surface area contributed by atoms with Crippen molar-refractivity contribution in [3.63, 3.8) is 0 Å². The first kappa shape index (κ1) is 30.4. The summed E-state index contributed by atoms with van der Waals surface area (Å²) in [6.45, 7) is 13.4. The van der Waals surface area contributed by atoms with Crippen LogP contribution < -0.4 is 14.8 Å². The fourth-order valence-electron chi connectivity index (χ4n) is 5.83. The van der Waals surface area contributed by atoms with Crippen LogP contribution in [0.25, 0.3) is 0 Å². The molecule has 1 aliphatic heterocycles. The Morgan fingerprint density at radius 1 is 0.929 bits per heavy atom. The SMILES string of the molecule is CCOC(=O)[C@H](Cc1ccc(OCCN[C@H]2C3CN(Cc4ccc(Cl)cc4)C[C@@H]32)cc1)Oc1ccc(C(C)(C)C)cc1. The Kier molecular flexibility index (Phi) is 9.77. The number of ether oxygens (including phenoxy) is 3. The maximum absolute atomic E-state index is 12.7. The van der Waals surface area contributed by atoms with Gasteiger partial charge in [0, 0.05) is 43.7 Å². The number of fused-ring (bicyclic) bond motifs is 1. The van der Waals surface area contributed by atoms with Gasteiger partial charge in [0.1, 0.15) is 18.1 Å². The Bertz CT molecular complexity index is 1290. The number of carbonyl (C=O) groups is 1. The molecule has 1 N–H and O–H groups in total. The average molecular weight is 591 g/mol. The molecule has 6 nitrogen and oxygen atoms in total. The third-order valence-corrected chi connectivity index (χ3v) is 8.48. The van der Waals surface area contributed by atoms with Gasteiger partial charge in [-0.05, 0) is 77.3 Å². The van der Waals surface area contributed by atoms with Gasteiger partial charge in [0.2, 0.25) is 0 Å². The zero-order valence-electron chi connectivity index (χ0n) is 25.1. The standard InChI is InChI=1S/C35H43ClN2O4/c1-5-40-34(39)32(42-29-16-10-26(11-17-29)35(2,3)4)20-24-8-14-28(15-9-24)41-19-18-37-33-30-22-38(23-31(30)33)21-25-6-12-27(36)13-7-25/h6-17,30-33,37H,5,18-23H2,1-4H3/t30-,31?,32-,33+/m0/s1. The van der Waals surface area contributed by atoms with Crippen molar-refractivity contribution in [2.75, 3.05) is 32.8 Å². The highest BCUT2D eigenvalue weighted by Crippen LogP contribution is 2.45. The second kappa shape index (κ2) is 13.5. The summed E-state index contributed by atoms with van der Waals surface area (Å²) in [4.78, 5) is 15.2. The summed E-state index contributed by atoms with van der Waals surface area (Å²) in [5, 5.41) is 4.47. The molecule has 1 saturated carbocycles. The minimum atomic E-state index is -0.721. The highest BCUT2D eigenvalue weighted by atomic mass is 35.5. The van der Waals surface area contributed by atoms with E-state index in [1.807, 2.05) is 60.7 Å². The third kappa shape index (κ3) is 8.06. The number of carbonyl (C=O) groups excluding carboxylic acids is 1. The molecule has 4 atom stereocenters. The predicted molar refractivity (Wildman–Crippen MR) is 167 cm³/mol. The van der Waals surface area contributed by atoms with Gasteiger partial charge in [0.05, 0.1) is 6.61 Å². The molecular formula is C35H43ClN2O4. The zero-order valence-corrected chi connectivity index (χ0v) is 25.9. The number of piperidine rings is 1. The van der Waals surface area contributed by atoms with E-state index in [0.717, 1.165) is 54.4 Å². The van der Waals surface area contributed by atoms with Crippen molar-refractivity contribution in [1.82, 2.24) is 10.2 Å². The Labute approximate surface area is 255 Å². The molecule has 3 aromatic rings. The lowest BCUT2D eigenvalue weighted by Crippen LogP contribution is -2.33. The van der Waals surface area contributed by atoms with E-state index in [4.69, 9.17) is 25.8 Å². The second-order valence-electron chi connectivity index (χ2n) is 12.5. The van der Waals surface area contributed by atoms with Crippen LogP contribution in [0.3, 0.4) is 0 Å². The summed E-state index contributed by atoms with van der Waals surface area (Å²) in [6.07, 6.45) is -0.303. The van der Waals surface area contributed by atoms with Gasteiger partial charge >= 0.3 is 5.97 Å². The highest BCUT2D eigenvalue weighted by Gasteiger charge is 2.55. The van der Waals surface area contributed by atoms with E-state index in [-0.39, 0.29) is 11.4 Å². The number of rotatable bonds is 13. The smallest absolute Gasteiger partial charge is 0.347 e. The molecule has 0 amide bonds. The normalized spacial score (nSPS) is 20.5. The molecule has 5 rings (SSSR count). The first-order valence-electron chi connectivity index (χ1n) is 15.1. The van der Waals surface area contributed by atoms with Crippen molar-refractivity contribution in [2.24, 2.45) is 11.8 Å². The van der Waals surface area contributed by atoms with Gasteiger partial charge in [-0.3, -0.25) is 4.90 Å². The number of nitrogens with zero attached hydrogens (tertiary/aromatic N) is 1. The third-order valence-electron chi connectivity index (χ3n) is 8.23. The van der Waals surface area contributed by atoms with Crippen LogP contribution in [0.1, 0.15) is 44.4 Å². The molecule has 0 aromatic heterocycles. The van der Waals surface area contributed by atoms with Crippen LogP contribution in [0.5, 0.6) is 11.5 Å². The predicted octanol–water partition coefficient (Wildman–Crippen LogP) is 6.29. The van der Waals surface area contributed by atoms with Crippen LogP contribution in [0.2, 0.25) is 5.02 Å². The van der Waals surface area contributed by atoms with Crippen LogP contribution in [0.15, 0.2) is 72.8 Å². The molecule has 224 valence electrons. The average Bonchev–Trinajstić information content (AvgIpc) is 3.42. The van der Waals surface area contributed by atoms with Gasteiger partial charge in [-0.1, -0.05) is 68.8 Å². The minimum Gasteiger partial charge on any atom is -0.492 e. The monoisotopic (exact) mass is 590 g/mol. The lowest BCUT2D eigenvalue weighted by atomic mass is 9.87. The zero-order chi connectivity index (χ0) is 29.7. The number of esters is 1. The number of hydrogen-bond acceptors (Lipinski definition) is 6. The van der Waals surface area contributed by atoms with Gasteiger partial charge in [-0.25, -0.2) is 4.79 Å². The highest BCUT2D eigenvalue weighted by molar-refractivity contribution is 6.30. The Balaban J connectivity index is 1.04. The van der Waals surface area contributed by atoms with Crippen LogP contribution in [-0.4, -0.2) is 55.9 Å². The second-order valence-corrected chi connectivity index (χ2v) is 12.9. The number of hydrogen-bond donors (Lipinski definition) is 1. The molecule has 3 aromatic carbocycles. The van der Waals surface area contributed by atoms with Gasteiger partial charge < -0.3 is 19.5 Å². The van der Waals surface area contributed by atoms with Crippen LogP contribution in [0.4, 0.5) is 0 Å². The van der Waals surface area contributed by atoms with Gasteiger partial charge in [0.15, 0.2) is 6.10 Å². The van der Waals surface area contributed by atoms with E-state index in [0.29, 0.717) is 31.4 Å². The van der Waals surface area contributed by atoms with Crippen molar-refractivity contribution in [2.45, 2.75) is 58.2 Å². The molecule has 2 aliphatic rings. The Hall–Kier alpha value is -3.06. The van der Waals surface area contributed by atoms with Crippen molar-refractivity contribution in [1.29, 1.82) is 0 Å². The van der Waals surface area contributed by atoms with Crippen molar-refractivity contribution < 1.29 is 19.0 Å². The lowest BCUT2D eigenvalue weighted by Gasteiger charge is -2.21. The van der Waals surface area contributed by atoms with E-state index in [1.165, 1.54) is 11.1 Å². The Morgan fingerprint density at radius 2 is 1.55 bits per heavy atom. The lowest BCUT2D eigenvalue weighted by molar-refractivity contribution is -0.151. The molecule has 1 saturated heterocycles. The molecule has 2 fully saturated rings. The van der Waals surface area contributed by atoms with E-state index >= 15 is 0 Å². The van der Waals surface area contributed by atoms with Crippen LogP contribution in [-0.2, 0) is 27.9 Å². The molecular weight excluding hydrogens is 548 g/mol. The quantitative estimate of drug-likeness (QED) is 0.186. The molecule has 0 spiro atoms. The van der Waals surface area contributed by atoms with Crippen molar-refractivity contribution in [3.8, 4) is 11.5 Å². The molecule has 1 unspecified atom stereocenters. The summed E-state index contributed by atoms with van der Waals surface area (Å²) < 4.78 is 17.4. The summed E-state index contributed by atoms with van der Waals surface area (Å²) in [6, 6.07) is 24.6. The molecule has 0 radical (unpaired) electrons. The number of nitrogens with one attached hydrogen (secondary N) is 1. The van der Waals surface area contributed by atoms with Gasteiger partial charge in [0.25, 0.3) is 0 Å². The van der Waals surface area contributed by atoms with Crippen LogP contribution >= 0.6 is 11.6 Å². The van der Waals surface area contributed by atoms with Gasteiger partial charge in [-0.15, -0.1) is 0 Å². The van der Waals surface area contributed by atoms with Crippen LogP contribution in [0, 0.1) is 11.8 Å². The van der Waals surface area contributed by atoms with E-state index in [1.54, 1.807) is 6.92 Å². The fraction of sp³-hybridized carbons (Fsp3) is 0.457. The van der Waals surface area contributed by atoms with Gasteiger partial charge in [-0.2, -0.15) is 0 Å². The van der Waals surface area contributed by atoms with Crippen molar-refractivity contribution in [3.05, 3.63) is 94.5 Å². The first-order valence-corrected chi connectivity index (χ1v) is 15.4. The van der Waals surface area contributed by atoms with E-state index < -0.39 is 6.10 Å². The first-order chi connectivity index (χ1) is 20.2.